The van der Waals surface area contributed by atoms with Crippen LogP contribution in [-0.2, 0) is 11.3 Å². The summed E-state index contributed by atoms with van der Waals surface area (Å²) in [5.41, 5.74) is 1.68. The molecule has 2 aromatic carbocycles. The molecule has 0 aliphatic carbocycles. The summed E-state index contributed by atoms with van der Waals surface area (Å²) >= 11 is 6.02. The molecule has 0 aliphatic rings. The molecular formula is C19H21ClN4O4. The number of benzene rings is 2. The molecule has 0 saturated heterocycles. The van der Waals surface area contributed by atoms with E-state index < -0.39 is 11.0 Å². The third-order valence-electron chi connectivity index (χ3n) is 4.34. The number of carbonyl (C=O) groups excluding carboxylic acids is 2. The van der Waals surface area contributed by atoms with E-state index in [1.54, 1.807) is 33.2 Å². The number of likely N-dealkylation sites (N-methyl/N-ethyl adjacent to an activating group) is 1. The first-order chi connectivity index (χ1) is 13.2. The molecule has 2 aromatic rings. The monoisotopic (exact) mass is 404 g/mol. The van der Waals surface area contributed by atoms with Crippen LogP contribution >= 0.6 is 11.6 Å². The van der Waals surface area contributed by atoms with Gasteiger partial charge in [0.05, 0.1) is 21.7 Å². The van der Waals surface area contributed by atoms with Crippen LogP contribution in [0.1, 0.15) is 22.8 Å². The SMILES string of the molecule is CNC(=O)c1ccc(CN(C)C(C)C(=O)Nc2ccc([N+](=O)[O-])cc2Cl)cc1. The predicted octanol–water partition coefficient (Wildman–Crippen LogP) is 3.07. The Hall–Kier alpha value is -2.97. The quantitative estimate of drug-likeness (QED) is 0.545. The Morgan fingerprint density at radius 3 is 2.39 bits per heavy atom. The van der Waals surface area contributed by atoms with Gasteiger partial charge in [-0.05, 0) is 37.7 Å². The maximum Gasteiger partial charge on any atom is 0.271 e. The highest BCUT2D eigenvalue weighted by Gasteiger charge is 2.20. The molecule has 0 aromatic heterocycles. The molecule has 8 nitrogen and oxygen atoms in total. The van der Waals surface area contributed by atoms with Gasteiger partial charge in [0.25, 0.3) is 11.6 Å². The van der Waals surface area contributed by atoms with E-state index in [1.165, 1.54) is 18.2 Å². The average Bonchev–Trinajstić information content (AvgIpc) is 2.68. The first-order valence-corrected chi connectivity index (χ1v) is 8.86. The van der Waals surface area contributed by atoms with Crippen LogP contribution in [0, 0.1) is 10.1 Å². The van der Waals surface area contributed by atoms with E-state index in [4.69, 9.17) is 11.6 Å². The molecule has 0 fully saturated rings. The van der Waals surface area contributed by atoms with Crippen LogP contribution in [0.4, 0.5) is 11.4 Å². The van der Waals surface area contributed by atoms with E-state index in [-0.39, 0.29) is 22.5 Å². The topological polar surface area (TPSA) is 105 Å². The van der Waals surface area contributed by atoms with Crippen molar-refractivity contribution in [2.24, 2.45) is 0 Å². The number of carbonyl (C=O) groups is 2. The molecular weight excluding hydrogens is 384 g/mol. The second-order valence-corrected chi connectivity index (χ2v) is 6.68. The summed E-state index contributed by atoms with van der Waals surface area (Å²) in [5.74, 6) is -0.451. The Morgan fingerprint density at radius 2 is 1.86 bits per heavy atom. The van der Waals surface area contributed by atoms with E-state index in [1.807, 2.05) is 17.0 Å². The second kappa shape index (κ2) is 9.29. The lowest BCUT2D eigenvalue weighted by molar-refractivity contribution is -0.384. The van der Waals surface area contributed by atoms with Crippen LogP contribution < -0.4 is 10.6 Å². The summed E-state index contributed by atoms with van der Waals surface area (Å²) < 4.78 is 0. The number of nitrogens with zero attached hydrogens (tertiary/aromatic N) is 2. The number of rotatable bonds is 7. The standard InChI is InChI=1S/C19H21ClN4O4/c1-12(18(25)22-17-9-8-15(24(27)28)10-16(17)20)23(3)11-13-4-6-14(7-5-13)19(26)21-2/h4-10,12H,11H2,1-3H3,(H,21,26)(H,22,25). The van der Waals surface area contributed by atoms with Gasteiger partial charge in [-0.3, -0.25) is 24.6 Å². The molecule has 9 heteroatoms. The molecule has 148 valence electrons. The third-order valence-corrected chi connectivity index (χ3v) is 4.65. The van der Waals surface area contributed by atoms with Crippen LogP contribution in [-0.4, -0.2) is 41.8 Å². The van der Waals surface area contributed by atoms with Crippen molar-refractivity contribution in [2.45, 2.75) is 19.5 Å². The molecule has 0 spiro atoms. The number of nitro benzene ring substituents is 1. The molecule has 0 radical (unpaired) electrons. The molecule has 0 heterocycles. The number of non-ortho nitro benzene ring substituents is 1. The minimum Gasteiger partial charge on any atom is -0.355 e. The predicted molar refractivity (Wildman–Crippen MR) is 107 cm³/mol. The number of halogens is 1. The van der Waals surface area contributed by atoms with Crippen molar-refractivity contribution in [3.05, 3.63) is 68.7 Å². The Kier molecular flexibility index (Phi) is 7.08. The van der Waals surface area contributed by atoms with E-state index in [2.05, 4.69) is 10.6 Å². The van der Waals surface area contributed by atoms with Crippen LogP contribution in [0.25, 0.3) is 0 Å². The Labute approximate surface area is 167 Å². The van der Waals surface area contributed by atoms with Crippen molar-refractivity contribution in [2.75, 3.05) is 19.4 Å². The van der Waals surface area contributed by atoms with Crippen LogP contribution in [0.15, 0.2) is 42.5 Å². The minimum absolute atomic E-state index is 0.0993. The highest BCUT2D eigenvalue weighted by molar-refractivity contribution is 6.34. The van der Waals surface area contributed by atoms with Crippen molar-refractivity contribution in [3.63, 3.8) is 0 Å². The lowest BCUT2D eigenvalue weighted by atomic mass is 10.1. The average molecular weight is 405 g/mol. The Bertz CT molecular complexity index is 886. The van der Waals surface area contributed by atoms with Crippen molar-refractivity contribution >= 4 is 34.8 Å². The smallest absolute Gasteiger partial charge is 0.271 e. The summed E-state index contributed by atoms with van der Waals surface area (Å²) in [7, 11) is 3.37. The Balaban J connectivity index is 2.00. The van der Waals surface area contributed by atoms with Gasteiger partial charge in [-0.1, -0.05) is 23.7 Å². The summed E-state index contributed by atoms with van der Waals surface area (Å²) in [6, 6.07) is 10.5. The highest BCUT2D eigenvalue weighted by Crippen LogP contribution is 2.27. The van der Waals surface area contributed by atoms with Gasteiger partial charge < -0.3 is 10.6 Å². The first-order valence-electron chi connectivity index (χ1n) is 8.49. The van der Waals surface area contributed by atoms with Gasteiger partial charge in [0.15, 0.2) is 0 Å². The number of anilines is 1. The van der Waals surface area contributed by atoms with E-state index in [0.717, 1.165) is 5.56 Å². The number of nitrogens with one attached hydrogen (secondary N) is 2. The number of amides is 2. The lowest BCUT2D eigenvalue weighted by Crippen LogP contribution is -2.39. The molecule has 1 unspecified atom stereocenters. The van der Waals surface area contributed by atoms with Gasteiger partial charge in [0.2, 0.25) is 5.91 Å². The molecule has 0 bridgehead atoms. The molecule has 0 saturated carbocycles. The van der Waals surface area contributed by atoms with Crippen LogP contribution in [0.5, 0.6) is 0 Å². The van der Waals surface area contributed by atoms with E-state index in [9.17, 15) is 19.7 Å². The second-order valence-electron chi connectivity index (χ2n) is 6.28. The zero-order chi connectivity index (χ0) is 20.8. The molecule has 2 N–H and O–H groups in total. The van der Waals surface area contributed by atoms with Crippen LogP contribution in [0.3, 0.4) is 0 Å². The van der Waals surface area contributed by atoms with Crippen molar-refractivity contribution in [1.29, 1.82) is 0 Å². The fourth-order valence-corrected chi connectivity index (χ4v) is 2.71. The third kappa shape index (κ3) is 5.28. The summed E-state index contributed by atoms with van der Waals surface area (Å²) in [4.78, 5) is 36.1. The van der Waals surface area contributed by atoms with E-state index in [0.29, 0.717) is 17.8 Å². The van der Waals surface area contributed by atoms with Crippen molar-refractivity contribution in [1.82, 2.24) is 10.2 Å². The van der Waals surface area contributed by atoms with E-state index >= 15 is 0 Å². The summed E-state index contributed by atoms with van der Waals surface area (Å²) in [6.07, 6.45) is 0. The van der Waals surface area contributed by atoms with Crippen LogP contribution in [0.2, 0.25) is 5.02 Å². The largest absolute Gasteiger partial charge is 0.355 e. The molecule has 28 heavy (non-hydrogen) atoms. The Morgan fingerprint density at radius 1 is 1.21 bits per heavy atom. The zero-order valence-corrected chi connectivity index (χ0v) is 16.5. The van der Waals surface area contributed by atoms with Gasteiger partial charge >= 0.3 is 0 Å². The lowest BCUT2D eigenvalue weighted by Gasteiger charge is -2.24. The summed E-state index contributed by atoms with van der Waals surface area (Å²) in [6.45, 7) is 2.24. The van der Waals surface area contributed by atoms with Gasteiger partial charge in [-0.15, -0.1) is 0 Å². The van der Waals surface area contributed by atoms with Gasteiger partial charge in [0, 0.05) is 31.3 Å². The molecule has 2 rings (SSSR count). The zero-order valence-electron chi connectivity index (χ0n) is 15.7. The fraction of sp³-hybridized carbons (Fsp3) is 0.263. The number of hydrogen-bond acceptors (Lipinski definition) is 5. The fourth-order valence-electron chi connectivity index (χ4n) is 2.49. The maximum absolute atomic E-state index is 12.5. The van der Waals surface area contributed by atoms with Crippen molar-refractivity contribution in [3.8, 4) is 0 Å². The summed E-state index contributed by atoms with van der Waals surface area (Å²) in [5, 5.41) is 16.1. The molecule has 1 atom stereocenters. The maximum atomic E-state index is 12.5. The minimum atomic E-state index is -0.552. The number of hydrogen-bond donors (Lipinski definition) is 2. The number of nitro groups is 1. The highest BCUT2D eigenvalue weighted by atomic mass is 35.5. The van der Waals surface area contributed by atoms with Gasteiger partial charge in [-0.2, -0.15) is 0 Å². The van der Waals surface area contributed by atoms with Gasteiger partial charge in [0.1, 0.15) is 0 Å². The molecule has 0 aliphatic heterocycles. The normalized spacial score (nSPS) is 11.8. The molecule has 2 amide bonds. The van der Waals surface area contributed by atoms with Gasteiger partial charge in [-0.25, -0.2) is 0 Å². The first kappa shape index (κ1) is 21.3. The van der Waals surface area contributed by atoms with Crippen molar-refractivity contribution < 1.29 is 14.5 Å².